The van der Waals surface area contributed by atoms with Gasteiger partial charge >= 0.3 is 0 Å². The van der Waals surface area contributed by atoms with E-state index in [0.29, 0.717) is 5.52 Å². The van der Waals surface area contributed by atoms with Gasteiger partial charge in [-0.3, -0.25) is 0 Å². The van der Waals surface area contributed by atoms with Crippen LogP contribution in [0.4, 0.5) is 4.39 Å². The van der Waals surface area contributed by atoms with E-state index < -0.39 is 0 Å². The summed E-state index contributed by atoms with van der Waals surface area (Å²) in [6.45, 7) is 2.06. The first-order chi connectivity index (χ1) is 11.7. The van der Waals surface area contributed by atoms with Crippen LogP contribution in [0.3, 0.4) is 0 Å². The summed E-state index contributed by atoms with van der Waals surface area (Å²) in [5.74, 6) is -0.268. The summed E-state index contributed by atoms with van der Waals surface area (Å²) in [6, 6.07) is 25.3. The molecule has 0 aliphatic heterocycles. The molecule has 0 saturated heterocycles. The average molecular weight is 313 g/mol. The van der Waals surface area contributed by atoms with Gasteiger partial charge in [0.2, 0.25) is 0 Å². The molecule has 0 unspecified atom stereocenters. The molecule has 0 amide bonds. The molecule has 4 rings (SSSR count). The molecule has 3 aromatic carbocycles. The maximum Gasteiger partial charge on any atom is 0.125 e. The van der Waals surface area contributed by atoms with E-state index in [1.165, 1.54) is 17.7 Å². The third-order valence-corrected chi connectivity index (χ3v) is 4.20. The first kappa shape index (κ1) is 14.6. The highest BCUT2D eigenvalue weighted by atomic mass is 19.1. The van der Waals surface area contributed by atoms with Crippen LogP contribution in [-0.2, 0) is 0 Å². The Morgan fingerprint density at radius 2 is 1.50 bits per heavy atom. The van der Waals surface area contributed by atoms with Crippen molar-refractivity contribution in [3.05, 3.63) is 90.2 Å². The molecule has 1 aromatic heterocycles. The van der Waals surface area contributed by atoms with E-state index in [1.54, 1.807) is 6.07 Å². The Kier molecular flexibility index (Phi) is 3.58. The van der Waals surface area contributed by atoms with E-state index in [-0.39, 0.29) is 5.82 Å². The van der Waals surface area contributed by atoms with Crippen molar-refractivity contribution in [1.29, 1.82) is 0 Å². The molecule has 4 aromatic rings. The molecule has 0 bridgehead atoms. The number of hydrogen-bond acceptors (Lipinski definition) is 1. The quantitative estimate of drug-likeness (QED) is 0.441. The summed E-state index contributed by atoms with van der Waals surface area (Å²) in [5.41, 5.74) is 5.93. The van der Waals surface area contributed by atoms with Crippen molar-refractivity contribution >= 4 is 10.9 Å². The zero-order valence-electron chi connectivity index (χ0n) is 13.3. The van der Waals surface area contributed by atoms with Crippen LogP contribution in [0.5, 0.6) is 0 Å². The summed E-state index contributed by atoms with van der Waals surface area (Å²) in [7, 11) is 0. The largest absolute Gasteiger partial charge is 0.248 e. The normalized spacial score (nSPS) is 10.9. The summed E-state index contributed by atoms with van der Waals surface area (Å²) in [4.78, 5) is 4.68. The van der Waals surface area contributed by atoms with Crippen LogP contribution in [0, 0.1) is 12.7 Å². The smallest absolute Gasteiger partial charge is 0.125 e. The van der Waals surface area contributed by atoms with Gasteiger partial charge < -0.3 is 0 Å². The number of rotatable bonds is 2. The Balaban J connectivity index is 2.01. The lowest BCUT2D eigenvalue weighted by Crippen LogP contribution is -1.91. The number of pyridine rings is 1. The van der Waals surface area contributed by atoms with Gasteiger partial charge in [0.15, 0.2) is 0 Å². The van der Waals surface area contributed by atoms with Crippen molar-refractivity contribution in [2.75, 3.05) is 0 Å². The number of halogens is 1. The van der Waals surface area contributed by atoms with Gasteiger partial charge in [0.05, 0.1) is 11.2 Å². The van der Waals surface area contributed by atoms with Crippen LogP contribution in [0.25, 0.3) is 33.3 Å². The highest BCUT2D eigenvalue weighted by Crippen LogP contribution is 2.32. The number of aromatic nitrogens is 1. The molecule has 24 heavy (non-hydrogen) atoms. The molecule has 116 valence electrons. The van der Waals surface area contributed by atoms with Gasteiger partial charge in [0.1, 0.15) is 5.82 Å². The van der Waals surface area contributed by atoms with E-state index in [1.807, 2.05) is 18.2 Å². The average Bonchev–Trinajstić information content (AvgIpc) is 2.62. The van der Waals surface area contributed by atoms with Crippen molar-refractivity contribution in [2.45, 2.75) is 6.92 Å². The minimum atomic E-state index is -0.268. The molecule has 1 heterocycles. The molecule has 0 spiro atoms. The Morgan fingerprint density at radius 3 is 2.25 bits per heavy atom. The second kappa shape index (κ2) is 5.89. The fourth-order valence-corrected chi connectivity index (χ4v) is 2.93. The van der Waals surface area contributed by atoms with Crippen molar-refractivity contribution < 1.29 is 4.39 Å². The predicted octanol–water partition coefficient (Wildman–Crippen LogP) is 6.02. The molecule has 0 atom stereocenters. The van der Waals surface area contributed by atoms with Gasteiger partial charge in [-0.15, -0.1) is 0 Å². The van der Waals surface area contributed by atoms with E-state index in [4.69, 9.17) is 0 Å². The van der Waals surface area contributed by atoms with Crippen LogP contribution in [-0.4, -0.2) is 4.98 Å². The van der Waals surface area contributed by atoms with Crippen LogP contribution in [0.2, 0.25) is 0 Å². The maximum absolute atomic E-state index is 13.7. The topological polar surface area (TPSA) is 12.9 Å². The van der Waals surface area contributed by atoms with Gasteiger partial charge in [-0.2, -0.15) is 0 Å². The number of aryl methyl sites for hydroxylation is 1. The SMILES string of the molecule is Cc1ccc(-c2cc(-c3ccccc3)c3ccc(F)cc3n2)cc1. The molecular weight excluding hydrogens is 297 g/mol. The third kappa shape index (κ3) is 2.67. The van der Waals surface area contributed by atoms with Gasteiger partial charge in [0, 0.05) is 17.0 Å². The van der Waals surface area contributed by atoms with Crippen molar-refractivity contribution in [1.82, 2.24) is 4.98 Å². The van der Waals surface area contributed by atoms with Crippen molar-refractivity contribution in [3.63, 3.8) is 0 Å². The minimum absolute atomic E-state index is 0.268. The summed E-state index contributed by atoms with van der Waals surface area (Å²) in [6.07, 6.45) is 0. The van der Waals surface area contributed by atoms with Gasteiger partial charge in [-0.05, 0) is 36.2 Å². The van der Waals surface area contributed by atoms with Gasteiger partial charge in [-0.1, -0.05) is 60.2 Å². The number of hydrogen-bond donors (Lipinski definition) is 0. The molecule has 0 radical (unpaired) electrons. The second-order valence-corrected chi connectivity index (χ2v) is 5.95. The summed E-state index contributed by atoms with van der Waals surface area (Å²) >= 11 is 0. The predicted molar refractivity (Wildman–Crippen MR) is 97.3 cm³/mol. The summed E-state index contributed by atoms with van der Waals surface area (Å²) in [5, 5.41) is 0.957. The molecule has 0 aliphatic rings. The zero-order chi connectivity index (χ0) is 16.5. The van der Waals surface area contributed by atoms with E-state index in [9.17, 15) is 4.39 Å². The van der Waals surface area contributed by atoms with Crippen LogP contribution >= 0.6 is 0 Å². The van der Waals surface area contributed by atoms with Crippen LogP contribution in [0.1, 0.15) is 5.56 Å². The summed E-state index contributed by atoms with van der Waals surface area (Å²) < 4.78 is 13.7. The van der Waals surface area contributed by atoms with E-state index >= 15 is 0 Å². The van der Waals surface area contributed by atoms with Crippen LogP contribution in [0.15, 0.2) is 78.9 Å². The fourth-order valence-electron chi connectivity index (χ4n) is 2.93. The second-order valence-electron chi connectivity index (χ2n) is 5.95. The maximum atomic E-state index is 13.7. The molecule has 2 heteroatoms. The zero-order valence-corrected chi connectivity index (χ0v) is 13.3. The molecule has 0 fully saturated rings. The van der Waals surface area contributed by atoms with Gasteiger partial charge in [-0.25, -0.2) is 9.37 Å². The first-order valence-electron chi connectivity index (χ1n) is 7.93. The fraction of sp³-hybridized carbons (Fsp3) is 0.0455. The molecular formula is C22H16FN. The Hall–Kier alpha value is -3.00. The lowest BCUT2D eigenvalue weighted by Gasteiger charge is -2.11. The monoisotopic (exact) mass is 313 g/mol. The third-order valence-electron chi connectivity index (χ3n) is 4.20. The lowest BCUT2D eigenvalue weighted by molar-refractivity contribution is 0.629. The highest BCUT2D eigenvalue weighted by molar-refractivity contribution is 5.96. The van der Waals surface area contributed by atoms with E-state index in [2.05, 4.69) is 54.4 Å². The van der Waals surface area contributed by atoms with Crippen LogP contribution < -0.4 is 0 Å². The molecule has 0 N–H and O–H groups in total. The Morgan fingerprint density at radius 1 is 0.750 bits per heavy atom. The first-order valence-corrected chi connectivity index (χ1v) is 7.93. The lowest BCUT2D eigenvalue weighted by atomic mass is 9.98. The molecule has 1 nitrogen and oxygen atoms in total. The van der Waals surface area contributed by atoms with E-state index in [0.717, 1.165) is 27.8 Å². The number of fused-ring (bicyclic) bond motifs is 1. The molecule has 0 aliphatic carbocycles. The minimum Gasteiger partial charge on any atom is -0.248 e. The Bertz CT molecular complexity index is 1010. The number of nitrogens with zero attached hydrogens (tertiary/aromatic N) is 1. The Labute approximate surface area is 140 Å². The van der Waals surface area contributed by atoms with Gasteiger partial charge in [0.25, 0.3) is 0 Å². The van der Waals surface area contributed by atoms with Crippen molar-refractivity contribution in [2.24, 2.45) is 0 Å². The van der Waals surface area contributed by atoms with Crippen molar-refractivity contribution in [3.8, 4) is 22.4 Å². The highest BCUT2D eigenvalue weighted by Gasteiger charge is 2.10. The molecule has 0 saturated carbocycles. The number of benzene rings is 3. The standard InChI is InChI=1S/C22H16FN/c1-15-7-9-17(10-8-15)21-14-20(16-5-3-2-4-6-16)19-12-11-18(23)13-22(19)24-21/h2-14H,1H3.